The van der Waals surface area contributed by atoms with Crippen molar-refractivity contribution in [3.05, 3.63) is 59.7 Å². The lowest BCUT2D eigenvalue weighted by Crippen LogP contribution is -2.47. The minimum atomic E-state index is -0.0832. The number of nitrogens with zero attached hydrogens (tertiary/aromatic N) is 1. The Morgan fingerprint density at radius 1 is 1.21 bits per heavy atom. The predicted octanol–water partition coefficient (Wildman–Crippen LogP) is 3.13. The fourth-order valence-corrected chi connectivity index (χ4v) is 3.20. The van der Waals surface area contributed by atoms with Crippen molar-refractivity contribution in [3.63, 3.8) is 0 Å². The predicted molar refractivity (Wildman–Crippen MR) is 108 cm³/mol. The first-order valence-corrected chi connectivity index (χ1v) is 9.48. The molecule has 0 bridgehead atoms. The molecule has 6 heteroatoms. The van der Waals surface area contributed by atoms with E-state index < -0.39 is 0 Å². The smallest absolute Gasteiger partial charge is 0.254 e. The first-order chi connectivity index (χ1) is 13.6. The van der Waals surface area contributed by atoms with Gasteiger partial charge in [0.05, 0.1) is 26.4 Å². The van der Waals surface area contributed by atoms with Crippen molar-refractivity contribution < 1.29 is 19.1 Å². The fourth-order valence-electron chi connectivity index (χ4n) is 3.20. The van der Waals surface area contributed by atoms with Gasteiger partial charge in [-0.25, -0.2) is 0 Å². The van der Waals surface area contributed by atoms with Gasteiger partial charge >= 0.3 is 0 Å². The van der Waals surface area contributed by atoms with E-state index in [0.29, 0.717) is 43.9 Å². The number of morpholine rings is 1. The monoisotopic (exact) mass is 382 g/mol. The molecule has 1 aliphatic heterocycles. The van der Waals surface area contributed by atoms with Crippen LogP contribution in [0.15, 0.2) is 48.5 Å². The lowest BCUT2D eigenvalue weighted by atomic mass is 10.1. The molecule has 0 radical (unpaired) electrons. The Kier molecular flexibility index (Phi) is 6.66. The summed E-state index contributed by atoms with van der Waals surface area (Å²) in [6, 6.07) is 14.8. The third kappa shape index (κ3) is 5.10. The summed E-state index contributed by atoms with van der Waals surface area (Å²) in [4.78, 5) is 26.9. The van der Waals surface area contributed by atoms with Crippen molar-refractivity contribution in [1.29, 1.82) is 0 Å². The molecule has 1 aliphatic rings. The van der Waals surface area contributed by atoms with Gasteiger partial charge in [-0.15, -0.1) is 0 Å². The zero-order valence-electron chi connectivity index (χ0n) is 16.3. The number of hydrogen-bond acceptors (Lipinski definition) is 4. The molecule has 1 saturated heterocycles. The van der Waals surface area contributed by atoms with Crippen molar-refractivity contribution in [3.8, 4) is 5.75 Å². The summed E-state index contributed by atoms with van der Waals surface area (Å²) in [5, 5.41) is 2.89. The Morgan fingerprint density at radius 2 is 2.00 bits per heavy atom. The van der Waals surface area contributed by atoms with Gasteiger partial charge in [-0.1, -0.05) is 18.2 Å². The standard InChI is InChI=1S/C22H26N2O4/c1-16-15-28-13-12-24(16)22(26)18-4-3-5-19(14-18)23-21(25)11-8-17-6-9-20(27-2)10-7-17/h3-7,9-10,14,16H,8,11-13,15H2,1-2H3,(H,23,25). The molecule has 0 aromatic heterocycles. The SMILES string of the molecule is COc1ccc(CCC(=O)Nc2cccc(C(=O)N3CCOCC3C)c2)cc1. The van der Waals surface area contributed by atoms with E-state index in [0.717, 1.165) is 11.3 Å². The van der Waals surface area contributed by atoms with Crippen LogP contribution < -0.4 is 10.1 Å². The van der Waals surface area contributed by atoms with Crippen molar-refractivity contribution in [2.45, 2.75) is 25.8 Å². The zero-order chi connectivity index (χ0) is 19.9. The summed E-state index contributed by atoms with van der Waals surface area (Å²) in [5.74, 6) is 0.676. The van der Waals surface area contributed by atoms with Gasteiger partial charge in [-0.05, 0) is 49.2 Å². The van der Waals surface area contributed by atoms with Gasteiger partial charge in [0, 0.05) is 24.2 Å². The highest BCUT2D eigenvalue weighted by Crippen LogP contribution is 2.17. The van der Waals surface area contributed by atoms with E-state index in [-0.39, 0.29) is 17.9 Å². The molecule has 1 atom stereocenters. The number of benzene rings is 2. The van der Waals surface area contributed by atoms with Crippen molar-refractivity contribution in [1.82, 2.24) is 4.90 Å². The molecule has 0 aliphatic carbocycles. The molecule has 0 saturated carbocycles. The van der Waals surface area contributed by atoms with E-state index in [4.69, 9.17) is 9.47 Å². The number of carbonyl (C=O) groups excluding carboxylic acids is 2. The molecular weight excluding hydrogens is 356 g/mol. The van der Waals surface area contributed by atoms with E-state index in [1.807, 2.05) is 36.1 Å². The largest absolute Gasteiger partial charge is 0.497 e. The number of nitrogens with one attached hydrogen (secondary N) is 1. The number of aryl methyl sites for hydroxylation is 1. The van der Waals surface area contributed by atoms with Crippen LogP contribution in [0.5, 0.6) is 5.75 Å². The van der Waals surface area contributed by atoms with Gasteiger partial charge in [0.2, 0.25) is 5.91 Å². The second kappa shape index (κ2) is 9.37. The molecule has 1 unspecified atom stereocenters. The Morgan fingerprint density at radius 3 is 2.71 bits per heavy atom. The summed E-state index contributed by atoms with van der Waals surface area (Å²) in [6.45, 7) is 3.66. The van der Waals surface area contributed by atoms with E-state index in [2.05, 4.69) is 5.32 Å². The van der Waals surface area contributed by atoms with Crippen LogP contribution >= 0.6 is 0 Å². The molecule has 6 nitrogen and oxygen atoms in total. The van der Waals surface area contributed by atoms with Gasteiger partial charge in [0.1, 0.15) is 5.75 Å². The minimum Gasteiger partial charge on any atom is -0.497 e. The number of ether oxygens (including phenoxy) is 2. The number of hydrogen-bond donors (Lipinski definition) is 1. The zero-order valence-corrected chi connectivity index (χ0v) is 16.3. The molecule has 0 spiro atoms. The molecular formula is C22H26N2O4. The fraction of sp³-hybridized carbons (Fsp3) is 0.364. The number of amides is 2. The quantitative estimate of drug-likeness (QED) is 0.834. The highest BCUT2D eigenvalue weighted by molar-refractivity contribution is 5.97. The maximum Gasteiger partial charge on any atom is 0.254 e. The lowest BCUT2D eigenvalue weighted by molar-refractivity contribution is -0.116. The Hall–Kier alpha value is -2.86. The number of methoxy groups -OCH3 is 1. The lowest BCUT2D eigenvalue weighted by Gasteiger charge is -2.33. The van der Waals surface area contributed by atoms with E-state index in [9.17, 15) is 9.59 Å². The van der Waals surface area contributed by atoms with E-state index in [1.54, 1.807) is 31.4 Å². The number of rotatable bonds is 6. The molecule has 3 rings (SSSR count). The molecule has 1 N–H and O–H groups in total. The normalized spacial score (nSPS) is 16.5. The van der Waals surface area contributed by atoms with Crippen LogP contribution in [0, 0.1) is 0 Å². The van der Waals surface area contributed by atoms with Gasteiger partial charge in [0.25, 0.3) is 5.91 Å². The number of carbonyl (C=O) groups is 2. The first-order valence-electron chi connectivity index (χ1n) is 9.48. The van der Waals surface area contributed by atoms with Crippen LogP contribution in [0.2, 0.25) is 0 Å². The van der Waals surface area contributed by atoms with Gasteiger partial charge in [0.15, 0.2) is 0 Å². The average Bonchev–Trinajstić information content (AvgIpc) is 2.72. The molecule has 28 heavy (non-hydrogen) atoms. The van der Waals surface area contributed by atoms with Crippen molar-refractivity contribution in [2.75, 3.05) is 32.2 Å². The summed E-state index contributed by atoms with van der Waals surface area (Å²) in [5.41, 5.74) is 2.27. The molecule has 148 valence electrons. The van der Waals surface area contributed by atoms with E-state index in [1.165, 1.54) is 0 Å². The summed E-state index contributed by atoms with van der Waals surface area (Å²) in [6.07, 6.45) is 1.00. The minimum absolute atomic E-state index is 0.0369. The van der Waals surface area contributed by atoms with Gasteiger partial charge in [-0.2, -0.15) is 0 Å². The third-order valence-electron chi connectivity index (χ3n) is 4.82. The Bertz CT molecular complexity index is 820. The van der Waals surface area contributed by atoms with Crippen LogP contribution in [0.1, 0.15) is 29.3 Å². The highest BCUT2D eigenvalue weighted by atomic mass is 16.5. The van der Waals surface area contributed by atoms with Crippen LogP contribution in [0.25, 0.3) is 0 Å². The van der Waals surface area contributed by atoms with Crippen LogP contribution in [-0.4, -0.2) is 49.6 Å². The second-order valence-electron chi connectivity index (χ2n) is 6.90. The Labute approximate surface area is 165 Å². The van der Waals surface area contributed by atoms with E-state index >= 15 is 0 Å². The molecule has 1 fully saturated rings. The molecule has 1 heterocycles. The summed E-state index contributed by atoms with van der Waals surface area (Å²) >= 11 is 0. The van der Waals surface area contributed by atoms with Crippen LogP contribution in [0.4, 0.5) is 5.69 Å². The average molecular weight is 382 g/mol. The van der Waals surface area contributed by atoms with Crippen LogP contribution in [0.3, 0.4) is 0 Å². The second-order valence-corrected chi connectivity index (χ2v) is 6.90. The van der Waals surface area contributed by atoms with Gasteiger partial charge < -0.3 is 19.7 Å². The van der Waals surface area contributed by atoms with Gasteiger partial charge in [-0.3, -0.25) is 9.59 Å². The van der Waals surface area contributed by atoms with Crippen LogP contribution in [-0.2, 0) is 16.0 Å². The highest BCUT2D eigenvalue weighted by Gasteiger charge is 2.24. The molecule has 2 aromatic carbocycles. The first kappa shape index (κ1) is 19.9. The molecule has 2 amide bonds. The maximum absolute atomic E-state index is 12.8. The summed E-state index contributed by atoms with van der Waals surface area (Å²) < 4.78 is 10.5. The third-order valence-corrected chi connectivity index (χ3v) is 4.82. The number of anilines is 1. The maximum atomic E-state index is 12.8. The Balaban J connectivity index is 1.57. The molecule has 2 aromatic rings. The topological polar surface area (TPSA) is 67.9 Å². The summed E-state index contributed by atoms with van der Waals surface area (Å²) in [7, 11) is 1.63. The van der Waals surface area contributed by atoms with Crippen molar-refractivity contribution in [2.24, 2.45) is 0 Å². The van der Waals surface area contributed by atoms with Crippen molar-refractivity contribution >= 4 is 17.5 Å².